The maximum Gasteiger partial charge on any atom is 0.262 e. The third kappa shape index (κ3) is 3.34. The monoisotopic (exact) mass is 316 g/mol. The molecule has 3 N–H and O–H groups in total. The highest BCUT2D eigenvalue weighted by Crippen LogP contribution is 2.21. The molecule has 0 amide bonds. The van der Waals surface area contributed by atoms with Gasteiger partial charge in [-0.2, -0.15) is 0 Å². The second-order valence-corrected chi connectivity index (χ2v) is 5.87. The topological polar surface area (TPSA) is 72.2 Å². The average molecular weight is 316 g/mol. The number of halogens is 3. The summed E-state index contributed by atoms with van der Waals surface area (Å²) in [6.07, 6.45) is 0. The number of anilines is 1. The van der Waals surface area contributed by atoms with Crippen molar-refractivity contribution in [3.8, 4) is 0 Å². The van der Waals surface area contributed by atoms with Crippen LogP contribution in [0.2, 0.25) is 0 Å². The predicted molar refractivity (Wildman–Crippen MR) is 71.5 cm³/mol. The molecule has 0 fully saturated rings. The maximum atomic E-state index is 13.5. The Hall–Kier alpha value is -2.06. The summed E-state index contributed by atoms with van der Waals surface area (Å²) in [5, 5.41) is 0. The van der Waals surface area contributed by atoms with Gasteiger partial charge in [-0.05, 0) is 30.3 Å². The maximum absolute atomic E-state index is 13.5. The summed E-state index contributed by atoms with van der Waals surface area (Å²) in [5.74, 6) is -2.37. The third-order valence-electron chi connectivity index (χ3n) is 2.72. The summed E-state index contributed by atoms with van der Waals surface area (Å²) in [6.45, 7) is -0.191. The Balaban J connectivity index is 2.41. The summed E-state index contributed by atoms with van der Waals surface area (Å²) in [5.41, 5.74) is 4.76. The van der Waals surface area contributed by atoms with Crippen LogP contribution in [0.15, 0.2) is 41.3 Å². The quantitative estimate of drug-likeness (QED) is 0.909. The number of nitrogens with two attached hydrogens (primary N) is 1. The third-order valence-corrected chi connectivity index (χ3v) is 4.08. The fourth-order valence-electron chi connectivity index (χ4n) is 1.65. The van der Waals surface area contributed by atoms with Crippen molar-refractivity contribution in [2.24, 2.45) is 5.73 Å². The molecule has 2 aromatic rings. The van der Waals surface area contributed by atoms with Crippen molar-refractivity contribution in [3.05, 3.63) is 59.4 Å². The van der Waals surface area contributed by atoms with Gasteiger partial charge < -0.3 is 5.73 Å². The normalized spacial score (nSPS) is 11.4. The van der Waals surface area contributed by atoms with E-state index in [1.54, 1.807) is 0 Å². The van der Waals surface area contributed by atoms with Crippen LogP contribution in [0, 0.1) is 17.5 Å². The summed E-state index contributed by atoms with van der Waals surface area (Å²) < 4.78 is 65.8. The van der Waals surface area contributed by atoms with E-state index < -0.39 is 33.2 Å². The van der Waals surface area contributed by atoms with Gasteiger partial charge in [0.15, 0.2) is 0 Å². The van der Waals surface area contributed by atoms with Crippen molar-refractivity contribution in [1.29, 1.82) is 0 Å². The molecule has 8 heteroatoms. The molecule has 2 rings (SSSR count). The minimum atomic E-state index is -4.18. The number of benzene rings is 2. The highest BCUT2D eigenvalue weighted by atomic mass is 32.2. The molecule has 2 aromatic carbocycles. The van der Waals surface area contributed by atoms with Crippen molar-refractivity contribution >= 4 is 15.7 Å². The van der Waals surface area contributed by atoms with Crippen molar-refractivity contribution in [2.75, 3.05) is 4.72 Å². The van der Waals surface area contributed by atoms with Crippen LogP contribution in [-0.2, 0) is 16.6 Å². The van der Waals surface area contributed by atoms with Gasteiger partial charge in [0.25, 0.3) is 10.0 Å². The van der Waals surface area contributed by atoms with Crippen LogP contribution in [-0.4, -0.2) is 8.42 Å². The Bertz CT molecular complexity index is 779. The largest absolute Gasteiger partial charge is 0.326 e. The molecule has 0 bridgehead atoms. The summed E-state index contributed by atoms with van der Waals surface area (Å²) in [7, 11) is -4.18. The molecular weight excluding hydrogens is 305 g/mol. The first-order valence-corrected chi connectivity index (χ1v) is 7.28. The highest BCUT2D eigenvalue weighted by molar-refractivity contribution is 7.92. The minimum absolute atomic E-state index is 0.00223. The molecule has 0 spiro atoms. The van der Waals surface area contributed by atoms with Gasteiger partial charge in [-0.25, -0.2) is 21.6 Å². The highest BCUT2D eigenvalue weighted by Gasteiger charge is 2.18. The lowest BCUT2D eigenvalue weighted by Gasteiger charge is -2.10. The molecule has 0 aliphatic carbocycles. The first-order valence-electron chi connectivity index (χ1n) is 5.80. The molecule has 0 aromatic heterocycles. The fraction of sp³-hybridized carbons (Fsp3) is 0.0769. The van der Waals surface area contributed by atoms with E-state index in [-0.39, 0.29) is 17.0 Å². The Morgan fingerprint density at radius 1 is 1.00 bits per heavy atom. The molecule has 0 aliphatic rings. The summed E-state index contributed by atoms with van der Waals surface area (Å²) >= 11 is 0. The van der Waals surface area contributed by atoms with Crippen LogP contribution < -0.4 is 10.5 Å². The number of rotatable bonds is 4. The lowest BCUT2D eigenvalue weighted by Crippen LogP contribution is -2.15. The molecule has 0 atom stereocenters. The van der Waals surface area contributed by atoms with Gasteiger partial charge in [-0.15, -0.1) is 0 Å². The smallest absolute Gasteiger partial charge is 0.262 e. The zero-order valence-electron chi connectivity index (χ0n) is 10.6. The second kappa shape index (κ2) is 5.74. The zero-order valence-corrected chi connectivity index (χ0v) is 11.4. The minimum Gasteiger partial charge on any atom is -0.326 e. The van der Waals surface area contributed by atoms with Crippen LogP contribution in [0.4, 0.5) is 18.9 Å². The van der Waals surface area contributed by atoms with E-state index >= 15 is 0 Å². The summed E-state index contributed by atoms with van der Waals surface area (Å²) in [4.78, 5) is -0.298. The molecular formula is C13H11F3N2O2S. The van der Waals surface area contributed by atoms with Gasteiger partial charge in [0.2, 0.25) is 0 Å². The van der Waals surface area contributed by atoms with Gasteiger partial charge in [0.05, 0.1) is 10.6 Å². The molecule has 112 valence electrons. The molecule has 21 heavy (non-hydrogen) atoms. The predicted octanol–water partition coefficient (Wildman–Crippen LogP) is 2.36. The van der Waals surface area contributed by atoms with Crippen LogP contribution in [0.25, 0.3) is 0 Å². The van der Waals surface area contributed by atoms with E-state index in [2.05, 4.69) is 0 Å². The Labute approximate surface area is 119 Å². The fourth-order valence-corrected chi connectivity index (χ4v) is 2.76. The Morgan fingerprint density at radius 3 is 2.33 bits per heavy atom. The number of hydrogen-bond acceptors (Lipinski definition) is 3. The SMILES string of the molecule is NCc1cc(S(=O)(=O)Nc2cc(F)ccc2F)ccc1F. The number of nitrogens with one attached hydrogen (secondary N) is 1. The molecule has 0 radical (unpaired) electrons. The second-order valence-electron chi connectivity index (χ2n) is 4.19. The van der Waals surface area contributed by atoms with Crippen molar-refractivity contribution in [2.45, 2.75) is 11.4 Å². The van der Waals surface area contributed by atoms with E-state index in [1.165, 1.54) is 0 Å². The van der Waals surface area contributed by atoms with Gasteiger partial charge >= 0.3 is 0 Å². The lowest BCUT2D eigenvalue weighted by atomic mass is 10.2. The first kappa shape index (κ1) is 15.3. The summed E-state index contributed by atoms with van der Waals surface area (Å²) in [6, 6.07) is 5.35. The van der Waals surface area contributed by atoms with E-state index in [0.717, 1.165) is 30.3 Å². The van der Waals surface area contributed by atoms with E-state index in [1.807, 2.05) is 4.72 Å². The molecule has 0 aliphatic heterocycles. The van der Waals surface area contributed by atoms with Gasteiger partial charge in [0.1, 0.15) is 17.5 Å². The lowest BCUT2D eigenvalue weighted by molar-refractivity contribution is 0.592. The van der Waals surface area contributed by atoms with Crippen LogP contribution >= 0.6 is 0 Å². The molecule has 0 heterocycles. The molecule has 0 saturated carbocycles. The van der Waals surface area contributed by atoms with Gasteiger partial charge in [0, 0.05) is 18.2 Å². The van der Waals surface area contributed by atoms with Crippen molar-refractivity contribution in [1.82, 2.24) is 0 Å². The first-order chi connectivity index (χ1) is 9.83. The molecule has 4 nitrogen and oxygen atoms in total. The zero-order chi connectivity index (χ0) is 15.6. The van der Waals surface area contributed by atoms with E-state index in [4.69, 9.17) is 5.73 Å². The number of hydrogen-bond donors (Lipinski definition) is 2. The molecule has 0 saturated heterocycles. The van der Waals surface area contributed by atoms with Crippen molar-refractivity contribution < 1.29 is 21.6 Å². The number of sulfonamides is 1. The van der Waals surface area contributed by atoms with E-state index in [0.29, 0.717) is 6.07 Å². The average Bonchev–Trinajstić information content (AvgIpc) is 2.43. The standard InChI is InChI=1S/C13H11F3N2O2S/c14-9-1-3-12(16)13(6-9)18-21(19,20)10-2-4-11(15)8(5-10)7-17/h1-6,18H,7,17H2. The van der Waals surface area contributed by atoms with E-state index in [9.17, 15) is 21.6 Å². The van der Waals surface area contributed by atoms with Gasteiger partial charge in [-0.1, -0.05) is 0 Å². The van der Waals surface area contributed by atoms with Crippen LogP contribution in [0.1, 0.15) is 5.56 Å². The van der Waals surface area contributed by atoms with Gasteiger partial charge in [-0.3, -0.25) is 4.72 Å². The van der Waals surface area contributed by atoms with Crippen LogP contribution in [0.3, 0.4) is 0 Å². The Morgan fingerprint density at radius 2 is 1.67 bits per heavy atom. The Kier molecular flexibility index (Phi) is 4.19. The van der Waals surface area contributed by atoms with Crippen LogP contribution in [0.5, 0.6) is 0 Å². The molecule has 0 unspecified atom stereocenters. The van der Waals surface area contributed by atoms with Crippen molar-refractivity contribution in [3.63, 3.8) is 0 Å².